The first kappa shape index (κ1) is 7.60. The van der Waals surface area contributed by atoms with Crippen LogP contribution in [0.25, 0.3) is 0 Å². The first-order valence-electron chi connectivity index (χ1n) is 3.04. The highest BCUT2D eigenvalue weighted by Crippen LogP contribution is 2.08. The van der Waals surface area contributed by atoms with Crippen molar-refractivity contribution in [2.75, 3.05) is 0 Å². The molecule has 10 heavy (non-hydrogen) atoms. The summed E-state index contributed by atoms with van der Waals surface area (Å²) in [7, 11) is 0. The molecular weight excluding hydrogens is 194 g/mol. The molecule has 0 saturated carbocycles. The molecule has 0 aromatic carbocycles. The molecule has 54 valence electrons. The summed E-state index contributed by atoms with van der Waals surface area (Å²) in [6, 6.07) is 0. The molecule has 0 aliphatic carbocycles. The minimum absolute atomic E-state index is 0.360. The summed E-state index contributed by atoms with van der Waals surface area (Å²) in [6.45, 7) is 4.09. The summed E-state index contributed by atoms with van der Waals surface area (Å²) >= 11 is 3.17. The maximum absolute atomic E-state index is 4.07. The van der Waals surface area contributed by atoms with Crippen LogP contribution in [0.15, 0.2) is 11.1 Å². The van der Waals surface area contributed by atoms with Gasteiger partial charge in [0.05, 0.1) is 0 Å². The average Bonchev–Trinajstić information content (AvgIpc) is 1.88. The van der Waals surface area contributed by atoms with Crippen molar-refractivity contribution in [1.82, 2.24) is 15.0 Å². The molecule has 1 rings (SSSR count). The Bertz CT molecular complexity index is 224. The van der Waals surface area contributed by atoms with Crippen molar-refractivity contribution in [2.45, 2.75) is 19.8 Å². The number of nitrogens with zero attached hydrogens (tertiary/aromatic N) is 3. The van der Waals surface area contributed by atoms with Crippen LogP contribution in [-0.4, -0.2) is 15.0 Å². The smallest absolute Gasteiger partial charge is 0.199 e. The molecule has 1 aromatic rings. The van der Waals surface area contributed by atoms with Gasteiger partial charge in [0.15, 0.2) is 4.73 Å². The van der Waals surface area contributed by atoms with Gasteiger partial charge in [-0.15, -0.1) is 0 Å². The van der Waals surface area contributed by atoms with Crippen molar-refractivity contribution in [2.24, 2.45) is 0 Å². The Balaban J connectivity index is 2.96. The van der Waals surface area contributed by atoms with Gasteiger partial charge in [-0.05, 0) is 15.9 Å². The van der Waals surface area contributed by atoms with E-state index in [9.17, 15) is 0 Å². The van der Waals surface area contributed by atoms with Gasteiger partial charge in [-0.25, -0.2) is 15.0 Å². The Kier molecular flexibility index (Phi) is 2.32. The molecule has 0 unspecified atom stereocenters. The molecule has 3 nitrogen and oxygen atoms in total. The zero-order chi connectivity index (χ0) is 7.56. The zero-order valence-corrected chi connectivity index (χ0v) is 7.46. The van der Waals surface area contributed by atoms with E-state index in [2.05, 4.69) is 30.9 Å². The van der Waals surface area contributed by atoms with E-state index in [1.165, 1.54) is 6.33 Å². The second-order valence-corrected chi connectivity index (χ2v) is 2.98. The fourth-order valence-corrected chi connectivity index (χ4v) is 0.839. The van der Waals surface area contributed by atoms with Gasteiger partial charge in [-0.3, -0.25) is 0 Å². The molecule has 0 N–H and O–H groups in total. The third-order valence-electron chi connectivity index (χ3n) is 1.08. The van der Waals surface area contributed by atoms with Crippen LogP contribution in [-0.2, 0) is 0 Å². The molecule has 0 bridgehead atoms. The van der Waals surface area contributed by atoms with Crippen molar-refractivity contribution in [3.05, 3.63) is 16.9 Å². The standard InChI is InChI=1S/C6H8BrN3/c1-4(2)5-8-3-9-6(7)10-5/h3-4H,1-2H3. The van der Waals surface area contributed by atoms with Crippen molar-refractivity contribution in [3.8, 4) is 0 Å². The van der Waals surface area contributed by atoms with Crippen LogP contribution in [0.5, 0.6) is 0 Å². The van der Waals surface area contributed by atoms with Crippen LogP contribution < -0.4 is 0 Å². The highest BCUT2D eigenvalue weighted by molar-refractivity contribution is 9.10. The maximum atomic E-state index is 4.07. The Morgan fingerprint density at radius 3 is 2.50 bits per heavy atom. The Morgan fingerprint density at radius 2 is 2.10 bits per heavy atom. The molecule has 0 radical (unpaired) electrons. The van der Waals surface area contributed by atoms with Gasteiger partial charge in [0, 0.05) is 5.92 Å². The molecule has 0 fully saturated rings. The van der Waals surface area contributed by atoms with E-state index in [1.54, 1.807) is 0 Å². The molecule has 1 heterocycles. The van der Waals surface area contributed by atoms with Crippen molar-refractivity contribution >= 4 is 15.9 Å². The summed E-state index contributed by atoms with van der Waals surface area (Å²) in [6.07, 6.45) is 1.51. The van der Waals surface area contributed by atoms with Crippen molar-refractivity contribution < 1.29 is 0 Å². The van der Waals surface area contributed by atoms with E-state index in [1.807, 2.05) is 13.8 Å². The third kappa shape index (κ3) is 1.73. The highest BCUT2D eigenvalue weighted by Gasteiger charge is 2.01. The first-order chi connectivity index (χ1) is 4.70. The van der Waals surface area contributed by atoms with Gasteiger partial charge < -0.3 is 0 Å². The Labute approximate surface area is 68.1 Å². The fourth-order valence-electron chi connectivity index (χ4n) is 0.566. The monoisotopic (exact) mass is 201 g/mol. The fraction of sp³-hybridized carbons (Fsp3) is 0.500. The van der Waals surface area contributed by atoms with E-state index in [-0.39, 0.29) is 0 Å². The highest BCUT2D eigenvalue weighted by atomic mass is 79.9. The number of hydrogen-bond donors (Lipinski definition) is 0. The quantitative estimate of drug-likeness (QED) is 0.696. The topological polar surface area (TPSA) is 38.7 Å². The lowest BCUT2D eigenvalue weighted by atomic mass is 10.2. The normalized spacial score (nSPS) is 10.4. The Hall–Kier alpha value is -0.510. The number of aromatic nitrogens is 3. The number of halogens is 1. The predicted octanol–water partition coefficient (Wildman–Crippen LogP) is 1.76. The van der Waals surface area contributed by atoms with Crippen LogP contribution in [0.4, 0.5) is 0 Å². The van der Waals surface area contributed by atoms with Gasteiger partial charge in [-0.2, -0.15) is 0 Å². The minimum atomic E-state index is 0.360. The minimum Gasteiger partial charge on any atom is -0.221 e. The molecule has 4 heteroatoms. The number of hydrogen-bond acceptors (Lipinski definition) is 3. The SMILES string of the molecule is CC(C)c1ncnc(Br)n1. The summed E-state index contributed by atoms with van der Waals surface area (Å²) in [5.41, 5.74) is 0. The average molecular weight is 202 g/mol. The predicted molar refractivity (Wildman–Crippen MR) is 41.6 cm³/mol. The lowest BCUT2D eigenvalue weighted by Gasteiger charge is -2.00. The van der Waals surface area contributed by atoms with Crippen molar-refractivity contribution in [1.29, 1.82) is 0 Å². The van der Waals surface area contributed by atoms with Crippen LogP contribution in [0, 0.1) is 0 Å². The summed E-state index contributed by atoms with van der Waals surface area (Å²) in [5.74, 6) is 1.18. The van der Waals surface area contributed by atoms with Crippen LogP contribution in [0.1, 0.15) is 25.6 Å². The molecule has 0 saturated heterocycles. The maximum Gasteiger partial charge on any atom is 0.199 e. The van der Waals surface area contributed by atoms with E-state index in [4.69, 9.17) is 0 Å². The zero-order valence-electron chi connectivity index (χ0n) is 5.87. The Morgan fingerprint density at radius 1 is 1.40 bits per heavy atom. The second-order valence-electron chi connectivity index (χ2n) is 2.27. The third-order valence-corrected chi connectivity index (χ3v) is 1.46. The van der Waals surface area contributed by atoms with Gasteiger partial charge in [0.25, 0.3) is 0 Å². The molecule has 0 aliphatic rings. The second kappa shape index (κ2) is 3.05. The largest absolute Gasteiger partial charge is 0.221 e. The molecule has 0 spiro atoms. The van der Waals surface area contributed by atoms with Gasteiger partial charge in [-0.1, -0.05) is 13.8 Å². The lowest BCUT2D eigenvalue weighted by Crippen LogP contribution is -1.97. The molecule has 0 atom stereocenters. The van der Waals surface area contributed by atoms with Gasteiger partial charge >= 0.3 is 0 Å². The van der Waals surface area contributed by atoms with E-state index in [0.29, 0.717) is 10.7 Å². The van der Waals surface area contributed by atoms with Crippen LogP contribution in [0.3, 0.4) is 0 Å². The summed E-state index contributed by atoms with van der Waals surface area (Å²) < 4.78 is 0.603. The van der Waals surface area contributed by atoms with Crippen LogP contribution in [0.2, 0.25) is 0 Å². The summed E-state index contributed by atoms with van der Waals surface area (Å²) in [5, 5.41) is 0. The van der Waals surface area contributed by atoms with Crippen LogP contribution >= 0.6 is 15.9 Å². The lowest BCUT2D eigenvalue weighted by molar-refractivity contribution is 0.751. The molecule has 1 aromatic heterocycles. The molecule has 0 aliphatic heterocycles. The molecular formula is C6H8BrN3. The summed E-state index contributed by atoms with van der Waals surface area (Å²) in [4.78, 5) is 11.9. The van der Waals surface area contributed by atoms with Crippen molar-refractivity contribution in [3.63, 3.8) is 0 Å². The van der Waals surface area contributed by atoms with E-state index >= 15 is 0 Å². The van der Waals surface area contributed by atoms with Gasteiger partial charge in [0.1, 0.15) is 12.2 Å². The van der Waals surface area contributed by atoms with Gasteiger partial charge in [0.2, 0.25) is 0 Å². The first-order valence-corrected chi connectivity index (χ1v) is 3.84. The molecule has 0 amide bonds. The van der Waals surface area contributed by atoms with E-state index < -0.39 is 0 Å². The van der Waals surface area contributed by atoms with E-state index in [0.717, 1.165) is 5.82 Å². The number of rotatable bonds is 1.